The van der Waals surface area contributed by atoms with Crippen LogP contribution in [0.25, 0.3) is 0 Å². The van der Waals surface area contributed by atoms with Gasteiger partial charge in [0.1, 0.15) is 0 Å². The standard InChI is InChI=1S/C16H24ClN3O3/c1-22-9-6-18-16(21)19-12-15(20-7-10-23-11-8-20)13-2-4-14(17)5-3-13/h2-5,15H,6-12H2,1H3,(H2,18,19,21). The van der Waals surface area contributed by atoms with Crippen LogP contribution in [0, 0.1) is 0 Å². The number of morpholine rings is 1. The number of amides is 2. The SMILES string of the molecule is COCCNC(=O)NCC(c1ccc(Cl)cc1)N1CCOCC1. The molecule has 1 aliphatic rings. The van der Waals surface area contributed by atoms with Crippen LogP contribution in [-0.2, 0) is 9.47 Å². The van der Waals surface area contributed by atoms with Crippen LogP contribution in [0.1, 0.15) is 11.6 Å². The Bertz CT molecular complexity index is 478. The van der Waals surface area contributed by atoms with E-state index in [-0.39, 0.29) is 12.1 Å². The van der Waals surface area contributed by atoms with Crippen molar-refractivity contribution in [2.75, 3.05) is 53.1 Å². The highest BCUT2D eigenvalue weighted by Crippen LogP contribution is 2.22. The van der Waals surface area contributed by atoms with Crippen molar-refractivity contribution < 1.29 is 14.3 Å². The number of carbonyl (C=O) groups is 1. The van der Waals surface area contributed by atoms with Gasteiger partial charge < -0.3 is 20.1 Å². The molecule has 1 aromatic carbocycles. The average Bonchev–Trinajstić information content (AvgIpc) is 2.58. The van der Waals surface area contributed by atoms with E-state index < -0.39 is 0 Å². The number of hydrogen-bond acceptors (Lipinski definition) is 4. The predicted molar refractivity (Wildman–Crippen MR) is 89.9 cm³/mol. The number of hydrogen-bond donors (Lipinski definition) is 2. The quantitative estimate of drug-likeness (QED) is 0.740. The largest absolute Gasteiger partial charge is 0.383 e. The molecule has 128 valence electrons. The van der Waals surface area contributed by atoms with E-state index in [1.54, 1.807) is 7.11 Å². The summed E-state index contributed by atoms with van der Waals surface area (Å²) in [5.41, 5.74) is 1.13. The van der Waals surface area contributed by atoms with Crippen LogP contribution in [0.2, 0.25) is 5.02 Å². The van der Waals surface area contributed by atoms with Gasteiger partial charge in [-0.3, -0.25) is 4.90 Å². The molecule has 0 bridgehead atoms. The Labute approximate surface area is 142 Å². The van der Waals surface area contributed by atoms with Gasteiger partial charge >= 0.3 is 6.03 Å². The molecule has 1 atom stereocenters. The number of ether oxygens (including phenoxy) is 2. The molecule has 1 aromatic rings. The van der Waals surface area contributed by atoms with Gasteiger partial charge in [-0.1, -0.05) is 23.7 Å². The summed E-state index contributed by atoms with van der Waals surface area (Å²) in [4.78, 5) is 14.2. The monoisotopic (exact) mass is 341 g/mol. The number of rotatable bonds is 7. The second-order valence-corrected chi connectivity index (χ2v) is 5.78. The van der Waals surface area contributed by atoms with Crippen molar-refractivity contribution in [1.29, 1.82) is 0 Å². The molecule has 1 heterocycles. The molecule has 23 heavy (non-hydrogen) atoms. The Morgan fingerprint density at radius 3 is 2.65 bits per heavy atom. The Morgan fingerprint density at radius 2 is 2.00 bits per heavy atom. The summed E-state index contributed by atoms with van der Waals surface area (Å²) < 4.78 is 10.3. The molecule has 7 heteroatoms. The third-order valence-corrected chi connectivity index (χ3v) is 4.04. The minimum atomic E-state index is -0.186. The van der Waals surface area contributed by atoms with Crippen molar-refractivity contribution in [3.05, 3.63) is 34.9 Å². The maximum Gasteiger partial charge on any atom is 0.314 e. The minimum Gasteiger partial charge on any atom is -0.383 e. The number of carbonyl (C=O) groups excluding carboxylic acids is 1. The molecule has 0 aliphatic carbocycles. The van der Waals surface area contributed by atoms with E-state index in [2.05, 4.69) is 15.5 Å². The Kier molecular flexibility index (Phi) is 7.61. The molecule has 0 spiro atoms. The van der Waals surface area contributed by atoms with Crippen molar-refractivity contribution in [2.45, 2.75) is 6.04 Å². The van der Waals surface area contributed by atoms with Crippen LogP contribution in [0.15, 0.2) is 24.3 Å². The summed E-state index contributed by atoms with van der Waals surface area (Å²) in [6.07, 6.45) is 0. The van der Waals surface area contributed by atoms with E-state index >= 15 is 0 Å². The molecule has 1 aliphatic heterocycles. The number of methoxy groups -OCH3 is 1. The van der Waals surface area contributed by atoms with Gasteiger partial charge in [-0.25, -0.2) is 4.79 Å². The minimum absolute atomic E-state index is 0.101. The van der Waals surface area contributed by atoms with Crippen LogP contribution in [0.4, 0.5) is 4.79 Å². The molecule has 1 fully saturated rings. The first kappa shape index (κ1) is 18.0. The summed E-state index contributed by atoms with van der Waals surface area (Å²) in [5.74, 6) is 0. The number of nitrogens with one attached hydrogen (secondary N) is 2. The highest BCUT2D eigenvalue weighted by atomic mass is 35.5. The predicted octanol–water partition coefficient (Wildman–Crippen LogP) is 1.66. The third-order valence-electron chi connectivity index (χ3n) is 3.79. The molecular formula is C16H24ClN3O3. The van der Waals surface area contributed by atoms with Crippen LogP contribution in [0.5, 0.6) is 0 Å². The fourth-order valence-electron chi connectivity index (χ4n) is 2.55. The van der Waals surface area contributed by atoms with Crippen molar-refractivity contribution in [3.8, 4) is 0 Å². The van der Waals surface area contributed by atoms with Crippen molar-refractivity contribution >= 4 is 17.6 Å². The van der Waals surface area contributed by atoms with Gasteiger partial charge in [0.15, 0.2) is 0 Å². The van der Waals surface area contributed by atoms with Crippen molar-refractivity contribution in [1.82, 2.24) is 15.5 Å². The molecular weight excluding hydrogens is 318 g/mol. The molecule has 1 saturated heterocycles. The van der Waals surface area contributed by atoms with Gasteiger partial charge in [-0.2, -0.15) is 0 Å². The normalized spacial score (nSPS) is 16.8. The summed E-state index contributed by atoms with van der Waals surface area (Å²) in [6.45, 7) is 4.64. The molecule has 2 amide bonds. The average molecular weight is 342 g/mol. The smallest absolute Gasteiger partial charge is 0.314 e. The first-order valence-electron chi connectivity index (χ1n) is 7.78. The summed E-state index contributed by atoms with van der Waals surface area (Å²) >= 11 is 5.98. The van der Waals surface area contributed by atoms with E-state index in [9.17, 15) is 4.79 Å². The van der Waals surface area contributed by atoms with E-state index in [1.807, 2.05) is 24.3 Å². The van der Waals surface area contributed by atoms with E-state index in [0.717, 1.165) is 18.7 Å². The van der Waals surface area contributed by atoms with Gasteiger partial charge in [0.05, 0.1) is 25.9 Å². The van der Waals surface area contributed by atoms with Gasteiger partial charge in [0, 0.05) is 38.3 Å². The van der Waals surface area contributed by atoms with E-state index in [0.29, 0.717) is 37.9 Å². The molecule has 6 nitrogen and oxygen atoms in total. The second kappa shape index (κ2) is 9.72. The maximum atomic E-state index is 11.8. The summed E-state index contributed by atoms with van der Waals surface area (Å²) in [6, 6.07) is 7.69. The lowest BCUT2D eigenvalue weighted by Crippen LogP contribution is -2.46. The van der Waals surface area contributed by atoms with Crippen LogP contribution in [-0.4, -0.2) is 64.0 Å². The fraction of sp³-hybridized carbons (Fsp3) is 0.562. The van der Waals surface area contributed by atoms with Crippen LogP contribution < -0.4 is 10.6 Å². The van der Waals surface area contributed by atoms with Crippen molar-refractivity contribution in [2.24, 2.45) is 0 Å². The van der Waals surface area contributed by atoms with Gasteiger partial charge in [-0.15, -0.1) is 0 Å². The zero-order valence-electron chi connectivity index (χ0n) is 13.4. The lowest BCUT2D eigenvalue weighted by atomic mass is 10.0. The number of benzene rings is 1. The molecule has 1 unspecified atom stereocenters. The maximum absolute atomic E-state index is 11.8. The van der Waals surface area contributed by atoms with Gasteiger partial charge in [-0.05, 0) is 17.7 Å². The highest BCUT2D eigenvalue weighted by Gasteiger charge is 2.23. The fourth-order valence-corrected chi connectivity index (χ4v) is 2.68. The Hall–Kier alpha value is -1.34. The second-order valence-electron chi connectivity index (χ2n) is 5.35. The lowest BCUT2D eigenvalue weighted by Gasteiger charge is -2.35. The summed E-state index contributed by atoms with van der Waals surface area (Å²) in [7, 11) is 1.61. The van der Waals surface area contributed by atoms with Crippen LogP contribution in [0.3, 0.4) is 0 Å². The summed E-state index contributed by atoms with van der Waals surface area (Å²) in [5, 5.41) is 6.40. The zero-order valence-corrected chi connectivity index (χ0v) is 14.1. The van der Waals surface area contributed by atoms with E-state index in [1.165, 1.54) is 0 Å². The molecule has 2 N–H and O–H groups in total. The topological polar surface area (TPSA) is 62.8 Å². The first-order chi connectivity index (χ1) is 11.2. The Balaban J connectivity index is 1.95. The first-order valence-corrected chi connectivity index (χ1v) is 8.16. The van der Waals surface area contributed by atoms with Gasteiger partial charge in [0.25, 0.3) is 0 Å². The Morgan fingerprint density at radius 1 is 1.30 bits per heavy atom. The molecule has 0 radical (unpaired) electrons. The molecule has 0 saturated carbocycles. The van der Waals surface area contributed by atoms with E-state index in [4.69, 9.17) is 21.1 Å². The third kappa shape index (κ3) is 5.99. The molecule has 2 rings (SSSR count). The van der Waals surface area contributed by atoms with Crippen LogP contribution >= 0.6 is 11.6 Å². The number of halogens is 1. The molecule has 0 aromatic heterocycles. The zero-order chi connectivity index (χ0) is 16.5. The van der Waals surface area contributed by atoms with Crippen molar-refractivity contribution in [3.63, 3.8) is 0 Å². The highest BCUT2D eigenvalue weighted by molar-refractivity contribution is 6.30. The van der Waals surface area contributed by atoms with Gasteiger partial charge in [0.2, 0.25) is 0 Å². The number of urea groups is 1. The lowest BCUT2D eigenvalue weighted by molar-refractivity contribution is 0.0167. The number of nitrogens with zero attached hydrogens (tertiary/aromatic N) is 1.